The normalized spacial score (nSPS) is 19.8. The maximum atomic E-state index is 13.1. The fourth-order valence-electron chi connectivity index (χ4n) is 4.31. The Morgan fingerprint density at radius 3 is 2.47 bits per heavy atom. The first-order valence-electron chi connectivity index (χ1n) is 10.5. The summed E-state index contributed by atoms with van der Waals surface area (Å²) in [7, 11) is 3.53. The van der Waals surface area contributed by atoms with Crippen molar-refractivity contribution >= 4 is 35.3 Å². The van der Waals surface area contributed by atoms with E-state index in [9.17, 15) is 24.0 Å². The lowest BCUT2D eigenvalue weighted by atomic mass is 10.0. The number of carbonyl (C=O) groups excluding carboxylic acids is 5. The van der Waals surface area contributed by atoms with Gasteiger partial charge in [0.25, 0.3) is 17.7 Å². The van der Waals surface area contributed by atoms with Gasteiger partial charge in [-0.15, -0.1) is 0 Å². The third-order valence-electron chi connectivity index (χ3n) is 5.76. The molecule has 2 N–H and O–H groups in total. The van der Waals surface area contributed by atoms with E-state index >= 15 is 0 Å². The van der Waals surface area contributed by atoms with Crippen LogP contribution in [0.1, 0.15) is 47.4 Å². The molecule has 4 amide bonds. The molecule has 0 spiro atoms. The number of fused-ring (bicyclic) bond motifs is 1. The Balaban J connectivity index is 1.70. The van der Waals surface area contributed by atoms with Crippen LogP contribution in [0, 0.1) is 5.92 Å². The Labute approximate surface area is 186 Å². The summed E-state index contributed by atoms with van der Waals surface area (Å²) in [6.07, 6.45) is 0.0228. The lowest BCUT2D eigenvalue weighted by Crippen LogP contribution is -2.56. The van der Waals surface area contributed by atoms with E-state index in [1.807, 2.05) is 13.8 Å². The van der Waals surface area contributed by atoms with Crippen molar-refractivity contribution in [2.75, 3.05) is 33.0 Å². The first kappa shape index (κ1) is 23.4. The van der Waals surface area contributed by atoms with Gasteiger partial charge in [-0.3, -0.25) is 38.7 Å². The highest BCUT2D eigenvalue weighted by molar-refractivity contribution is 6.25. The summed E-state index contributed by atoms with van der Waals surface area (Å²) in [6, 6.07) is 2.99. The van der Waals surface area contributed by atoms with Gasteiger partial charge in [-0.1, -0.05) is 19.9 Å². The van der Waals surface area contributed by atoms with Crippen LogP contribution in [-0.4, -0.2) is 83.6 Å². The van der Waals surface area contributed by atoms with E-state index in [4.69, 9.17) is 10.5 Å². The second-order valence-electron chi connectivity index (χ2n) is 8.51. The number of likely N-dealkylation sites (N-methyl/N-ethyl adjacent to an activating group) is 1. The number of nitrogen functional groups attached to an aromatic ring is 1. The molecular weight excluding hydrogens is 416 g/mol. The minimum Gasteiger partial charge on any atom is -0.463 e. The van der Waals surface area contributed by atoms with E-state index in [2.05, 4.69) is 0 Å². The molecular formula is C22H28N4O6. The number of imide groups is 2. The van der Waals surface area contributed by atoms with Crippen LogP contribution in [0.3, 0.4) is 0 Å². The lowest BCUT2D eigenvalue weighted by molar-refractivity contribution is -0.158. The molecule has 0 aromatic heterocycles. The van der Waals surface area contributed by atoms with Crippen LogP contribution in [0.2, 0.25) is 0 Å². The standard InChI is InChI=1S/C22H28N4O6/c1-12(2)18(24(3)4)22(31)32-11-10-25-16(27)9-8-15(20(25)29)26-19(28)13-6-5-7-14(23)17(13)21(26)30/h5-7,12,15,18H,8-11,23H2,1-4H3/t15?,18-/m0/s1. The number of hydrogen-bond donors (Lipinski definition) is 1. The molecule has 32 heavy (non-hydrogen) atoms. The summed E-state index contributed by atoms with van der Waals surface area (Å²) in [5, 5.41) is 0. The molecule has 1 aromatic carbocycles. The minimum atomic E-state index is -1.11. The Kier molecular flexibility index (Phi) is 6.63. The maximum Gasteiger partial charge on any atom is 0.323 e. The van der Waals surface area contributed by atoms with Gasteiger partial charge in [0, 0.05) is 12.1 Å². The third kappa shape index (κ3) is 4.10. The van der Waals surface area contributed by atoms with Gasteiger partial charge in [0.15, 0.2) is 0 Å². The molecule has 172 valence electrons. The molecule has 2 aliphatic heterocycles. The summed E-state index contributed by atoms with van der Waals surface area (Å²) in [5.74, 6) is -2.80. The Morgan fingerprint density at radius 2 is 1.88 bits per heavy atom. The van der Waals surface area contributed by atoms with Crippen molar-refractivity contribution < 1.29 is 28.7 Å². The van der Waals surface area contributed by atoms with Crippen molar-refractivity contribution in [2.45, 2.75) is 38.8 Å². The number of nitrogens with two attached hydrogens (primary N) is 1. The molecule has 1 aromatic rings. The highest BCUT2D eigenvalue weighted by Gasteiger charge is 2.47. The summed E-state index contributed by atoms with van der Waals surface area (Å²) in [6.45, 7) is 3.46. The van der Waals surface area contributed by atoms with Gasteiger partial charge in [0.05, 0.1) is 17.7 Å². The number of hydrogen-bond acceptors (Lipinski definition) is 8. The molecule has 2 atom stereocenters. The van der Waals surface area contributed by atoms with E-state index in [-0.39, 0.29) is 48.7 Å². The van der Waals surface area contributed by atoms with Gasteiger partial charge in [-0.25, -0.2) is 0 Å². The molecule has 1 fully saturated rings. The van der Waals surface area contributed by atoms with E-state index in [1.54, 1.807) is 25.1 Å². The van der Waals surface area contributed by atoms with Crippen LogP contribution < -0.4 is 5.73 Å². The van der Waals surface area contributed by atoms with Gasteiger partial charge < -0.3 is 10.5 Å². The van der Waals surface area contributed by atoms with Gasteiger partial charge in [-0.2, -0.15) is 0 Å². The molecule has 2 aliphatic rings. The first-order chi connectivity index (χ1) is 15.1. The molecule has 1 unspecified atom stereocenters. The zero-order chi connectivity index (χ0) is 23.7. The number of piperidine rings is 1. The third-order valence-corrected chi connectivity index (χ3v) is 5.76. The lowest BCUT2D eigenvalue weighted by Gasteiger charge is -2.34. The second-order valence-corrected chi connectivity index (χ2v) is 8.51. The predicted molar refractivity (Wildman–Crippen MR) is 114 cm³/mol. The average molecular weight is 444 g/mol. The molecule has 0 radical (unpaired) electrons. The molecule has 0 saturated carbocycles. The molecule has 0 bridgehead atoms. The van der Waals surface area contributed by atoms with Crippen molar-refractivity contribution in [1.82, 2.24) is 14.7 Å². The number of esters is 1. The number of rotatable bonds is 7. The molecule has 0 aliphatic carbocycles. The number of anilines is 1. The fraction of sp³-hybridized carbons (Fsp3) is 0.500. The van der Waals surface area contributed by atoms with Gasteiger partial charge >= 0.3 is 5.97 Å². The Morgan fingerprint density at radius 1 is 1.19 bits per heavy atom. The number of amides is 4. The van der Waals surface area contributed by atoms with Crippen molar-refractivity contribution in [3.05, 3.63) is 29.3 Å². The van der Waals surface area contributed by atoms with Crippen LogP contribution in [0.5, 0.6) is 0 Å². The monoisotopic (exact) mass is 444 g/mol. The zero-order valence-corrected chi connectivity index (χ0v) is 18.7. The van der Waals surface area contributed by atoms with Gasteiger partial charge in [0.2, 0.25) is 5.91 Å². The number of ether oxygens (including phenoxy) is 1. The van der Waals surface area contributed by atoms with Crippen LogP contribution in [-0.2, 0) is 19.1 Å². The number of likely N-dealkylation sites (tertiary alicyclic amines) is 1. The molecule has 1 saturated heterocycles. The van der Waals surface area contributed by atoms with Crippen LogP contribution in [0.15, 0.2) is 18.2 Å². The van der Waals surface area contributed by atoms with Gasteiger partial charge in [0.1, 0.15) is 18.7 Å². The number of carbonyl (C=O) groups is 5. The van der Waals surface area contributed by atoms with Crippen molar-refractivity contribution in [3.8, 4) is 0 Å². The zero-order valence-electron chi connectivity index (χ0n) is 18.7. The first-order valence-corrected chi connectivity index (χ1v) is 10.5. The van der Waals surface area contributed by atoms with Crippen molar-refractivity contribution in [2.24, 2.45) is 5.92 Å². The Hall–Kier alpha value is -3.27. The largest absolute Gasteiger partial charge is 0.463 e. The molecule has 10 heteroatoms. The minimum absolute atomic E-state index is 0.0143. The van der Waals surface area contributed by atoms with E-state index in [1.165, 1.54) is 12.1 Å². The van der Waals surface area contributed by atoms with Crippen molar-refractivity contribution in [1.29, 1.82) is 0 Å². The summed E-state index contributed by atoms with van der Waals surface area (Å²) >= 11 is 0. The average Bonchev–Trinajstić information content (AvgIpc) is 2.96. The SMILES string of the molecule is CC(C)[C@@H](C(=O)OCCN1C(=O)CCC(N2C(=O)c3cccc(N)c3C2=O)C1=O)N(C)C. The van der Waals surface area contributed by atoms with E-state index in [0.29, 0.717) is 0 Å². The van der Waals surface area contributed by atoms with Crippen molar-refractivity contribution in [3.63, 3.8) is 0 Å². The quantitative estimate of drug-likeness (QED) is 0.366. The van der Waals surface area contributed by atoms with Crippen LogP contribution >= 0.6 is 0 Å². The maximum absolute atomic E-state index is 13.1. The molecule has 10 nitrogen and oxygen atoms in total. The molecule has 2 heterocycles. The van der Waals surface area contributed by atoms with Crippen LogP contribution in [0.4, 0.5) is 5.69 Å². The molecule has 3 rings (SSSR count). The number of nitrogens with zero attached hydrogens (tertiary/aromatic N) is 3. The second kappa shape index (κ2) is 9.07. The highest BCUT2D eigenvalue weighted by Crippen LogP contribution is 2.32. The van der Waals surface area contributed by atoms with Gasteiger partial charge in [-0.05, 0) is 38.6 Å². The fourth-order valence-corrected chi connectivity index (χ4v) is 4.31. The highest BCUT2D eigenvalue weighted by atomic mass is 16.5. The summed E-state index contributed by atoms with van der Waals surface area (Å²) < 4.78 is 5.30. The Bertz CT molecular complexity index is 965. The van der Waals surface area contributed by atoms with E-state index in [0.717, 1.165) is 9.80 Å². The van der Waals surface area contributed by atoms with E-state index < -0.39 is 41.7 Å². The predicted octanol–water partition coefficient (Wildman–Crippen LogP) is 0.512. The topological polar surface area (TPSA) is 130 Å². The summed E-state index contributed by atoms with van der Waals surface area (Å²) in [4.78, 5) is 67.1. The summed E-state index contributed by atoms with van der Waals surface area (Å²) in [5.41, 5.74) is 6.24. The smallest absolute Gasteiger partial charge is 0.323 e. The number of benzene rings is 1. The van der Waals surface area contributed by atoms with Crippen LogP contribution in [0.25, 0.3) is 0 Å².